The number of carbonyl (C=O) groups excluding carboxylic acids is 4. The fourth-order valence-electron chi connectivity index (χ4n) is 5.59. The molecule has 0 aromatic carbocycles. The maximum atomic E-state index is 12.2. The molecule has 0 N–H and O–H groups in total. The Labute approximate surface area is 269 Å². The normalized spacial score (nSPS) is 14.7. The quantitative estimate of drug-likeness (QED) is 0.130. The first-order valence-corrected chi connectivity index (χ1v) is 14.2. The van der Waals surface area contributed by atoms with Crippen LogP contribution in [0, 0.1) is 27.7 Å². The van der Waals surface area contributed by atoms with Crippen LogP contribution in [0.3, 0.4) is 0 Å². The number of fused-ring (bicyclic) bond motifs is 8. The summed E-state index contributed by atoms with van der Waals surface area (Å²) in [7, 11) is 2.70. The zero-order valence-corrected chi connectivity index (χ0v) is 26.8. The molecule has 0 saturated heterocycles. The molecule has 0 spiro atoms. The van der Waals surface area contributed by atoms with Crippen LogP contribution in [0.25, 0.3) is 24.3 Å². The molecule has 0 amide bonds. The van der Waals surface area contributed by atoms with Crippen molar-refractivity contribution in [1.82, 2.24) is 19.9 Å². The first kappa shape index (κ1) is 33.3. The predicted molar refractivity (Wildman–Crippen MR) is 162 cm³/mol. The van der Waals surface area contributed by atoms with Crippen LogP contribution in [0.5, 0.6) is 0 Å². The molecule has 8 bridgehead atoms. The molecular weight excluding hydrogens is 619 g/mol. The summed E-state index contributed by atoms with van der Waals surface area (Å²) >= 11 is 0. The van der Waals surface area contributed by atoms with Crippen molar-refractivity contribution in [1.29, 1.82) is 0 Å². The summed E-state index contributed by atoms with van der Waals surface area (Å²) in [6.07, 6.45) is 9.76. The number of hydrogen-bond donors (Lipinski definition) is 0. The largest absolute Gasteiger partial charge is 0.657 e. The maximum absolute atomic E-state index is 12.2. The third-order valence-electron chi connectivity index (χ3n) is 8.33. The molecular formula is C34H32N4NiO6-4. The Balaban J connectivity index is 0.00000461. The number of carbonyl (C=O) groups is 4. The van der Waals surface area contributed by atoms with Gasteiger partial charge in [0.25, 0.3) is 0 Å². The van der Waals surface area contributed by atoms with E-state index in [2.05, 4.69) is 0 Å². The molecule has 4 aromatic rings. The Hall–Kier alpha value is -4.63. The van der Waals surface area contributed by atoms with Crippen LogP contribution >= 0.6 is 0 Å². The first-order valence-electron chi connectivity index (χ1n) is 14.2. The summed E-state index contributed by atoms with van der Waals surface area (Å²) in [5.41, 5.74) is 7.81. The molecule has 1 aliphatic rings. The fraction of sp³-hybridized carbons (Fsp3) is 0.294. The van der Waals surface area contributed by atoms with Crippen LogP contribution < -0.4 is 41.3 Å². The minimum Gasteiger partial charge on any atom is -0.657 e. The van der Waals surface area contributed by atoms with Crippen molar-refractivity contribution in [2.24, 2.45) is 0 Å². The zero-order chi connectivity index (χ0) is 31.7. The van der Waals surface area contributed by atoms with Gasteiger partial charge in [-0.05, 0) is 40.5 Å². The number of hydrogen-bond acceptors (Lipinski definition) is 6. The fourth-order valence-corrected chi connectivity index (χ4v) is 5.59. The molecule has 238 valence electrons. The number of esters is 2. The monoisotopic (exact) mass is 650 g/mol. The van der Waals surface area contributed by atoms with Crippen LogP contribution in [0.2, 0.25) is 0 Å². The summed E-state index contributed by atoms with van der Waals surface area (Å²) in [5.74, 6) is -0.688. The molecule has 1 aliphatic heterocycles. The summed E-state index contributed by atoms with van der Waals surface area (Å²) in [6.45, 7) is 7.47. The van der Waals surface area contributed by atoms with Gasteiger partial charge in [0.05, 0.1) is 14.2 Å². The average Bonchev–Trinajstić information content (AvgIpc) is 3.67. The molecule has 0 fully saturated rings. The number of nitrogens with zero attached hydrogens (tertiary/aromatic N) is 4. The number of methoxy groups -OCH3 is 2. The van der Waals surface area contributed by atoms with Gasteiger partial charge in [-0.25, -0.2) is 0 Å². The number of rotatable bonds is 8. The molecule has 45 heavy (non-hydrogen) atoms. The van der Waals surface area contributed by atoms with Crippen molar-refractivity contribution in [3.8, 4) is 0 Å². The molecule has 0 radical (unpaired) electrons. The van der Waals surface area contributed by atoms with Crippen molar-refractivity contribution in [3.05, 3.63) is 88.7 Å². The van der Waals surface area contributed by atoms with E-state index in [1.807, 2.05) is 32.9 Å². The van der Waals surface area contributed by atoms with E-state index in [1.54, 1.807) is 19.1 Å². The van der Waals surface area contributed by atoms with E-state index in [-0.39, 0.29) is 41.3 Å². The number of aromatic nitrogens is 4. The minimum atomic E-state index is -0.346. The van der Waals surface area contributed by atoms with Crippen molar-refractivity contribution in [2.45, 2.75) is 53.4 Å². The zero-order valence-electron chi connectivity index (χ0n) is 25.8. The van der Waals surface area contributed by atoms with E-state index in [4.69, 9.17) is 29.4 Å². The first-order chi connectivity index (χ1) is 21.1. The predicted octanol–water partition coefficient (Wildman–Crippen LogP) is 0.211. The Bertz CT molecular complexity index is 2070. The Morgan fingerprint density at radius 3 is 1.69 bits per heavy atom. The molecule has 5 heterocycles. The van der Waals surface area contributed by atoms with Gasteiger partial charge in [-0.3, -0.25) is 19.2 Å². The SMILES string of the molecule is COC(=O)CCc1c2[n-]c(c1C)/C=c1\[n-]/c(c(C)c1C=O)=C\c1[n-]c(c(C)c1C=O)/C=c1\[n-]/c(c(CCC(=O)OC)c1C)=C\2.[Ni]. The Morgan fingerprint density at radius 1 is 0.578 bits per heavy atom. The van der Waals surface area contributed by atoms with E-state index in [1.165, 1.54) is 14.2 Å². The third kappa shape index (κ3) is 6.31. The molecule has 0 atom stereocenters. The summed E-state index contributed by atoms with van der Waals surface area (Å²) < 4.78 is 9.78. The van der Waals surface area contributed by atoms with Gasteiger partial charge in [-0.1, -0.05) is 57.7 Å². The van der Waals surface area contributed by atoms with Crippen molar-refractivity contribution in [2.75, 3.05) is 14.2 Å². The number of ether oxygens (including phenoxy) is 2. The van der Waals surface area contributed by atoms with Crippen LogP contribution in [0.15, 0.2) is 0 Å². The topological polar surface area (TPSA) is 143 Å². The van der Waals surface area contributed by atoms with Crippen LogP contribution in [-0.2, 0) is 48.4 Å². The Morgan fingerprint density at radius 2 is 1.07 bits per heavy atom. The van der Waals surface area contributed by atoms with Gasteiger partial charge >= 0.3 is 11.9 Å². The van der Waals surface area contributed by atoms with E-state index < -0.39 is 0 Å². The van der Waals surface area contributed by atoms with Gasteiger partial charge in [0.15, 0.2) is 0 Å². The van der Waals surface area contributed by atoms with E-state index >= 15 is 0 Å². The second kappa shape index (κ2) is 13.6. The van der Waals surface area contributed by atoms with Crippen LogP contribution in [0.1, 0.15) is 89.7 Å². The molecule has 10 nitrogen and oxygen atoms in total. The van der Waals surface area contributed by atoms with Crippen molar-refractivity contribution in [3.63, 3.8) is 0 Å². The van der Waals surface area contributed by atoms with Gasteiger partial charge in [0.1, 0.15) is 12.6 Å². The molecule has 0 aliphatic carbocycles. The van der Waals surface area contributed by atoms with Gasteiger partial charge in [0, 0.05) is 40.5 Å². The summed E-state index contributed by atoms with van der Waals surface area (Å²) in [6, 6.07) is 0. The number of aldehydes is 2. The van der Waals surface area contributed by atoms with Gasteiger partial charge in [-0.2, -0.15) is 0 Å². The second-order valence-electron chi connectivity index (χ2n) is 10.8. The van der Waals surface area contributed by atoms with Crippen LogP contribution in [0.4, 0.5) is 0 Å². The second-order valence-corrected chi connectivity index (χ2v) is 10.8. The van der Waals surface area contributed by atoms with Gasteiger partial charge < -0.3 is 29.4 Å². The van der Waals surface area contributed by atoms with Crippen molar-refractivity contribution < 1.29 is 45.1 Å². The molecule has 0 unspecified atom stereocenters. The molecule has 0 saturated carbocycles. The smallest absolute Gasteiger partial charge is 0.305 e. The van der Waals surface area contributed by atoms with Gasteiger partial charge in [0.2, 0.25) is 0 Å². The molecule has 11 heteroatoms. The molecule has 4 aromatic heterocycles. The summed E-state index contributed by atoms with van der Waals surface area (Å²) in [4.78, 5) is 67.9. The molecule has 5 rings (SSSR count). The van der Waals surface area contributed by atoms with Crippen molar-refractivity contribution >= 4 is 48.8 Å². The van der Waals surface area contributed by atoms with E-state index in [0.717, 1.165) is 34.8 Å². The summed E-state index contributed by atoms with van der Waals surface area (Å²) in [5, 5.41) is 2.23. The van der Waals surface area contributed by atoms with E-state index in [0.29, 0.717) is 79.3 Å². The third-order valence-corrected chi connectivity index (χ3v) is 8.33. The standard InChI is InChI=1S/C34H34N4O6.Ni/c1-17-21(7-9-33(41)43-5)29-14-30-22(8-10-34(42)44-6)18(2)27(36-30)12-31-24(16-40)20(4)28(38-31)13-32-23(15-39)19(3)26(37-32)11-25(17)35-29;/h11-16H,7-10H2,1-6H3,(H2-2,35,36,37,38,39,40);/q-2;/p-2/b25-11-,26-11?,27-12?,28-13-,29-14-,30-14?,31-12-,32-13?;. The Kier molecular flexibility index (Phi) is 10.0. The van der Waals surface area contributed by atoms with E-state index in [9.17, 15) is 19.2 Å². The van der Waals surface area contributed by atoms with Gasteiger partial charge in [-0.15, -0.1) is 44.2 Å². The minimum absolute atomic E-state index is 0. The van der Waals surface area contributed by atoms with Crippen LogP contribution in [-0.4, -0.2) is 38.7 Å². The average molecular weight is 651 g/mol. The maximum Gasteiger partial charge on any atom is 0.305 e.